The van der Waals surface area contributed by atoms with Crippen molar-refractivity contribution in [2.75, 3.05) is 6.54 Å². The second-order valence-electron chi connectivity index (χ2n) is 4.36. The molecule has 0 radical (unpaired) electrons. The molecule has 1 aliphatic heterocycles. The van der Waals surface area contributed by atoms with Crippen molar-refractivity contribution < 1.29 is 0 Å². The van der Waals surface area contributed by atoms with Crippen LogP contribution in [0.2, 0.25) is 5.15 Å². The van der Waals surface area contributed by atoms with E-state index >= 15 is 0 Å². The summed E-state index contributed by atoms with van der Waals surface area (Å²) >= 11 is 5.77. The molecule has 2 bridgehead atoms. The van der Waals surface area contributed by atoms with Crippen molar-refractivity contribution in [2.24, 2.45) is 5.92 Å². The van der Waals surface area contributed by atoms with Crippen molar-refractivity contribution in [1.82, 2.24) is 10.3 Å². The number of pyridine rings is 1. The summed E-state index contributed by atoms with van der Waals surface area (Å²) in [5, 5.41) is 4.11. The van der Waals surface area contributed by atoms with Crippen molar-refractivity contribution in [3.8, 4) is 0 Å². The summed E-state index contributed by atoms with van der Waals surface area (Å²) in [6.07, 6.45) is 4.55. The third kappa shape index (κ3) is 3.39. The van der Waals surface area contributed by atoms with Gasteiger partial charge in [-0.2, -0.15) is 0 Å². The van der Waals surface area contributed by atoms with Crippen LogP contribution in [0, 0.1) is 5.92 Å². The first kappa shape index (κ1) is 17.3. The molecule has 0 amide bonds. The van der Waals surface area contributed by atoms with Gasteiger partial charge in [-0.05, 0) is 42.9 Å². The molecule has 3 unspecified atom stereocenters. The summed E-state index contributed by atoms with van der Waals surface area (Å²) < 4.78 is 0. The van der Waals surface area contributed by atoms with Crippen molar-refractivity contribution in [1.29, 1.82) is 0 Å². The molecule has 2 heterocycles. The zero-order chi connectivity index (χ0) is 9.54. The number of halogens is 4. The smallest absolute Gasteiger partial charge is 0.129 e. The zero-order valence-electron chi connectivity index (χ0n) is 9.14. The second kappa shape index (κ2) is 7.01. The maximum absolute atomic E-state index is 5.77. The van der Waals surface area contributed by atoms with Gasteiger partial charge in [-0.15, -0.1) is 37.2 Å². The summed E-state index contributed by atoms with van der Waals surface area (Å²) in [4.78, 5) is 4.15. The molecule has 3 rings (SSSR count). The quantitative estimate of drug-likeness (QED) is 0.802. The fourth-order valence-electron chi connectivity index (χ4n) is 2.85. The van der Waals surface area contributed by atoms with E-state index in [-0.39, 0.29) is 37.2 Å². The van der Waals surface area contributed by atoms with Crippen molar-refractivity contribution in [3.05, 3.63) is 29.0 Å². The highest BCUT2D eigenvalue weighted by Crippen LogP contribution is 2.42. The van der Waals surface area contributed by atoms with Gasteiger partial charge in [-0.25, -0.2) is 4.98 Å². The largest absolute Gasteiger partial charge is 0.314 e. The predicted octanol–water partition coefficient (Wildman–Crippen LogP) is 3.47. The standard InChI is InChI=1S/C11H13ClN2.3ClH/c12-11-2-1-7(5-14-11)10-4-9-3-8(10)6-13-9;;;/h1-2,5,8-10,13H,3-4,6H2;3*1H. The highest BCUT2D eigenvalue weighted by molar-refractivity contribution is 6.29. The Balaban J connectivity index is 0.000000853. The third-order valence-corrected chi connectivity index (χ3v) is 3.77. The molecular formula is C11H16Cl4N2. The van der Waals surface area contributed by atoms with Crippen LogP contribution in [0.1, 0.15) is 24.3 Å². The van der Waals surface area contributed by atoms with E-state index in [0.29, 0.717) is 11.1 Å². The van der Waals surface area contributed by atoms with Crippen LogP contribution in [-0.2, 0) is 0 Å². The molecule has 2 nitrogen and oxygen atoms in total. The Morgan fingerprint density at radius 2 is 1.94 bits per heavy atom. The highest BCUT2D eigenvalue weighted by Gasteiger charge is 2.39. The molecule has 0 aromatic carbocycles. The first-order valence-corrected chi connectivity index (χ1v) is 5.55. The van der Waals surface area contributed by atoms with Gasteiger partial charge in [0.05, 0.1) is 0 Å². The minimum absolute atomic E-state index is 0. The number of rotatable bonds is 1. The fourth-order valence-corrected chi connectivity index (χ4v) is 2.96. The van der Waals surface area contributed by atoms with Gasteiger partial charge in [0.15, 0.2) is 0 Å². The van der Waals surface area contributed by atoms with E-state index < -0.39 is 0 Å². The summed E-state index contributed by atoms with van der Waals surface area (Å²) in [7, 11) is 0. The molecule has 1 saturated heterocycles. The van der Waals surface area contributed by atoms with E-state index in [9.17, 15) is 0 Å². The van der Waals surface area contributed by atoms with E-state index in [0.717, 1.165) is 12.0 Å². The minimum Gasteiger partial charge on any atom is -0.314 e. The van der Waals surface area contributed by atoms with E-state index in [1.54, 1.807) is 0 Å². The molecule has 1 aromatic heterocycles. The first-order chi connectivity index (χ1) is 6.83. The average Bonchev–Trinajstić information content (AvgIpc) is 2.80. The SMILES string of the molecule is Cl.Cl.Cl.Clc1ccc(C2CC3CC2CN3)cn1. The molecule has 1 N–H and O–H groups in total. The van der Waals surface area contributed by atoms with Gasteiger partial charge in [0.25, 0.3) is 0 Å². The number of piperidine rings is 1. The van der Waals surface area contributed by atoms with Gasteiger partial charge in [0.2, 0.25) is 0 Å². The summed E-state index contributed by atoms with van der Waals surface area (Å²) in [5.74, 6) is 1.54. The van der Waals surface area contributed by atoms with Gasteiger partial charge in [-0.3, -0.25) is 0 Å². The lowest BCUT2D eigenvalue weighted by molar-refractivity contribution is 0.440. The monoisotopic (exact) mass is 316 g/mol. The number of nitrogens with one attached hydrogen (secondary N) is 1. The molecule has 3 atom stereocenters. The lowest BCUT2D eigenvalue weighted by Crippen LogP contribution is -2.28. The van der Waals surface area contributed by atoms with E-state index in [1.165, 1.54) is 24.9 Å². The topological polar surface area (TPSA) is 24.9 Å². The zero-order valence-corrected chi connectivity index (χ0v) is 12.3. The number of aromatic nitrogens is 1. The number of nitrogens with zero attached hydrogens (tertiary/aromatic N) is 1. The molecule has 1 aliphatic carbocycles. The van der Waals surface area contributed by atoms with Crippen LogP contribution in [0.15, 0.2) is 18.3 Å². The van der Waals surface area contributed by atoms with Gasteiger partial charge < -0.3 is 5.32 Å². The molecular weight excluding hydrogens is 302 g/mol. The maximum Gasteiger partial charge on any atom is 0.129 e. The summed E-state index contributed by atoms with van der Waals surface area (Å²) in [6.45, 7) is 1.18. The van der Waals surface area contributed by atoms with Gasteiger partial charge in [0.1, 0.15) is 5.15 Å². The Morgan fingerprint density at radius 1 is 1.18 bits per heavy atom. The van der Waals surface area contributed by atoms with Gasteiger partial charge in [0, 0.05) is 12.2 Å². The molecule has 6 heteroatoms. The fraction of sp³-hybridized carbons (Fsp3) is 0.545. The maximum atomic E-state index is 5.77. The lowest BCUT2D eigenvalue weighted by atomic mass is 9.89. The first-order valence-electron chi connectivity index (χ1n) is 5.18. The number of fused-ring (bicyclic) bond motifs is 2. The van der Waals surface area contributed by atoms with Crippen molar-refractivity contribution >= 4 is 48.8 Å². The molecule has 2 aliphatic rings. The van der Waals surface area contributed by atoms with Crippen LogP contribution < -0.4 is 5.32 Å². The van der Waals surface area contributed by atoms with Crippen molar-refractivity contribution in [2.45, 2.75) is 24.8 Å². The Kier molecular flexibility index (Phi) is 7.12. The highest BCUT2D eigenvalue weighted by atomic mass is 35.5. The third-order valence-electron chi connectivity index (χ3n) is 3.54. The average molecular weight is 318 g/mol. The van der Waals surface area contributed by atoms with Crippen LogP contribution in [-0.4, -0.2) is 17.6 Å². The van der Waals surface area contributed by atoms with E-state index in [1.807, 2.05) is 12.3 Å². The van der Waals surface area contributed by atoms with Crippen molar-refractivity contribution in [3.63, 3.8) is 0 Å². The molecule has 2 fully saturated rings. The Hall–Kier alpha value is 0.270. The molecule has 17 heavy (non-hydrogen) atoms. The predicted molar refractivity (Wildman–Crippen MR) is 78.2 cm³/mol. The number of hydrogen-bond acceptors (Lipinski definition) is 2. The summed E-state index contributed by atoms with van der Waals surface area (Å²) in [6, 6.07) is 4.78. The van der Waals surface area contributed by atoms with Gasteiger partial charge in [-0.1, -0.05) is 17.7 Å². The van der Waals surface area contributed by atoms with E-state index in [4.69, 9.17) is 11.6 Å². The Bertz CT molecular complexity index is 344. The van der Waals surface area contributed by atoms with Crippen LogP contribution >= 0.6 is 48.8 Å². The molecule has 0 spiro atoms. The normalized spacial score (nSPS) is 28.9. The second-order valence-corrected chi connectivity index (χ2v) is 4.74. The molecule has 98 valence electrons. The van der Waals surface area contributed by atoms with Crippen LogP contribution in [0.4, 0.5) is 0 Å². The Labute approximate surface area is 125 Å². The molecule has 1 aromatic rings. The minimum atomic E-state index is 0. The van der Waals surface area contributed by atoms with Crippen LogP contribution in [0.25, 0.3) is 0 Å². The van der Waals surface area contributed by atoms with Gasteiger partial charge >= 0.3 is 0 Å². The summed E-state index contributed by atoms with van der Waals surface area (Å²) in [5.41, 5.74) is 1.36. The lowest BCUT2D eigenvalue weighted by Gasteiger charge is -2.22. The number of hydrogen-bond donors (Lipinski definition) is 1. The Morgan fingerprint density at radius 3 is 2.41 bits per heavy atom. The van der Waals surface area contributed by atoms with Crippen LogP contribution in [0.5, 0.6) is 0 Å². The van der Waals surface area contributed by atoms with Crippen LogP contribution in [0.3, 0.4) is 0 Å². The van der Waals surface area contributed by atoms with E-state index in [2.05, 4.69) is 16.4 Å². The molecule has 1 saturated carbocycles.